The van der Waals surface area contributed by atoms with Gasteiger partial charge in [0, 0.05) is 10.8 Å². The molecule has 0 fully saturated rings. The summed E-state index contributed by atoms with van der Waals surface area (Å²) in [5.74, 6) is 0. The molecule has 1 heteroatoms. The Kier molecular flexibility index (Phi) is 5.45. The highest BCUT2D eigenvalue weighted by Gasteiger charge is 2.20. The van der Waals surface area contributed by atoms with E-state index in [1.165, 1.54) is 92.3 Å². The average Bonchev–Trinajstić information content (AvgIpc) is 3.54. The number of hydrogen-bond donors (Lipinski definition) is 0. The molecule has 11 rings (SSSR count). The Hall–Kier alpha value is -6.44. The summed E-state index contributed by atoms with van der Waals surface area (Å²) in [6.45, 7) is 0. The SMILES string of the molecule is c1ccc(-c2ccc(-c3cc4oc5cc6c7ccccc7c7ccccc7c6cc5c4c4ccc5ccccc5c34)c3ccccc23)cc1. The van der Waals surface area contributed by atoms with Crippen molar-refractivity contribution >= 4 is 86.6 Å². The van der Waals surface area contributed by atoms with Crippen LogP contribution in [0.3, 0.4) is 0 Å². The Balaban J connectivity index is 1.30. The molecule has 11 aromatic rings. The monoisotopic (exact) mass is 620 g/mol. The van der Waals surface area contributed by atoms with Crippen LogP contribution in [-0.2, 0) is 0 Å². The second-order valence-corrected chi connectivity index (χ2v) is 13.2. The number of furan rings is 1. The lowest BCUT2D eigenvalue weighted by atomic mass is 9.87. The van der Waals surface area contributed by atoms with Crippen LogP contribution in [0.2, 0.25) is 0 Å². The largest absolute Gasteiger partial charge is 0.456 e. The molecule has 0 radical (unpaired) electrons. The zero-order valence-corrected chi connectivity index (χ0v) is 26.6. The van der Waals surface area contributed by atoms with E-state index in [2.05, 4.69) is 170 Å². The average molecular weight is 621 g/mol. The molecule has 0 amide bonds. The number of fused-ring (bicyclic) bond motifs is 14. The molecule has 0 aliphatic carbocycles. The second-order valence-electron chi connectivity index (χ2n) is 13.2. The Morgan fingerprint density at radius 2 is 0.816 bits per heavy atom. The molecular formula is C48H28O. The van der Waals surface area contributed by atoms with Gasteiger partial charge < -0.3 is 4.42 Å². The Morgan fingerprint density at radius 1 is 0.265 bits per heavy atom. The van der Waals surface area contributed by atoms with Gasteiger partial charge in [0.2, 0.25) is 0 Å². The van der Waals surface area contributed by atoms with Crippen LogP contribution in [0.25, 0.3) is 109 Å². The van der Waals surface area contributed by atoms with Crippen LogP contribution >= 0.6 is 0 Å². The molecule has 0 aliphatic rings. The number of hydrogen-bond acceptors (Lipinski definition) is 1. The fourth-order valence-corrected chi connectivity index (χ4v) is 8.48. The Morgan fingerprint density at radius 3 is 1.53 bits per heavy atom. The highest BCUT2D eigenvalue weighted by Crippen LogP contribution is 2.47. The first kappa shape index (κ1) is 26.6. The molecule has 0 unspecified atom stereocenters. The summed E-state index contributed by atoms with van der Waals surface area (Å²) in [6, 6.07) is 61.9. The standard InChI is InChI=1S/C48H28O/c1-2-12-29(13-3-1)31-24-25-39(34-17-7-6-16-33(31)34)43-28-46-48(40-23-22-30-14-4-5-15-32(30)47(40)43)44-26-41-37-20-10-8-18-35(37)36-19-9-11-21-38(36)42(41)27-45(44)49-46/h1-28H. The number of rotatable bonds is 2. The molecule has 0 aliphatic heterocycles. The van der Waals surface area contributed by atoms with Crippen LogP contribution in [0.15, 0.2) is 174 Å². The minimum absolute atomic E-state index is 0.910. The maximum Gasteiger partial charge on any atom is 0.136 e. The van der Waals surface area contributed by atoms with Crippen molar-refractivity contribution in [2.75, 3.05) is 0 Å². The van der Waals surface area contributed by atoms with Gasteiger partial charge in [-0.3, -0.25) is 0 Å². The van der Waals surface area contributed by atoms with Crippen molar-refractivity contribution in [1.82, 2.24) is 0 Å². The minimum atomic E-state index is 0.910. The molecule has 0 saturated carbocycles. The lowest BCUT2D eigenvalue weighted by Gasteiger charge is -2.16. The molecule has 1 nitrogen and oxygen atoms in total. The molecule has 1 heterocycles. The highest BCUT2D eigenvalue weighted by molar-refractivity contribution is 6.32. The van der Waals surface area contributed by atoms with E-state index in [1.807, 2.05) is 0 Å². The Labute approximate surface area is 282 Å². The molecule has 0 bridgehead atoms. The van der Waals surface area contributed by atoms with E-state index in [0.29, 0.717) is 0 Å². The molecule has 10 aromatic carbocycles. The summed E-state index contributed by atoms with van der Waals surface area (Å²) in [7, 11) is 0. The van der Waals surface area contributed by atoms with Gasteiger partial charge >= 0.3 is 0 Å². The first-order valence-electron chi connectivity index (χ1n) is 16.9. The van der Waals surface area contributed by atoms with Gasteiger partial charge in [0.15, 0.2) is 0 Å². The lowest BCUT2D eigenvalue weighted by Crippen LogP contribution is -1.89. The summed E-state index contributed by atoms with van der Waals surface area (Å²) < 4.78 is 6.91. The van der Waals surface area contributed by atoms with E-state index in [1.54, 1.807) is 0 Å². The van der Waals surface area contributed by atoms with Crippen molar-refractivity contribution in [3.63, 3.8) is 0 Å². The van der Waals surface area contributed by atoms with Crippen LogP contribution < -0.4 is 0 Å². The van der Waals surface area contributed by atoms with Crippen LogP contribution in [0.5, 0.6) is 0 Å². The third-order valence-electron chi connectivity index (χ3n) is 10.6. The van der Waals surface area contributed by atoms with Gasteiger partial charge in [-0.25, -0.2) is 0 Å². The Bertz CT molecular complexity index is 3150. The second kappa shape index (κ2) is 10.0. The van der Waals surface area contributed by atoms with Gasteiger partial charge in [-0.1, -0.05) is 152 Å². The fourth-order valence-electron chi connectivity index (χ4n) is 8.48. The summed E-state index contributed by atoms with van der Waals surface area (Å²) in [5, 5.41) is 17.3. The van der Waals surface area contributed by atoms with Gasteiger partial charge in [-0.15, -0.1) is 0 Å². The highest BCUT2D eigenvalue weighted by atomic mass is 16.3. The molecule has 0 atom stereocenters. The topological polar surface area (TPSA) is 13.1 Å². The molecule has 226 valence electrons. The quantitative estimate of drug-likeness (QED) is 0.175. The molecular weight excluding hydrogens is 593 g/mol. The van der Waals surface area contributed by atoms with Crippen molar-refractivity contribution in [3.8, 4) is 22.3 Å². The van der Waals surface area contributed by atoms with Crippen molar-refractivity contribution in [3.05, 3.63) is 170 Å². The first-order valence-corrected chi connectivity index (χ1v) is 16.9. The van der Waals surface area contributed by atoms with Gasteiger partial charge in [-0.05, 0) is 105 Å². The van der Waals surface area contributed by atoms with Crippen molar-refractivity contribution < 1.29 is 4.42 Å². The number of benzene rings is 10. The zero-order valence-electron chi connectivity index (χ0n) is 26.6. The molecule has 49 heavy (non-hydrogen) atoms. The third-order valence-corrected chi connectivity index (χ3v) is 10.6. The van der Waals surface area contributed by atoms with Gasteiger partial charge in [0.25, 0.3) is 0 Å². The van der Waals surface area contributed by atoms with E-state index in [-0.39, 0.29) is 0 Å². The van der Waals surface area contributed by atoms with Crippen molar-refractivity contribution in [2.24, 2.45) is 0 Å². The molecule has 0 saturated heterocycles. The van der Waals surface area contributed by atoms with Crippen LogP contribution in [0.4, 0.5) is 0 Å². The fraction of sp³-hybridized carbons (Fsp3) is 0. The summed E-state index contributed by atoms with van der Waals surface area (Å²) in [6.07, 6.45) is 0. The van der Waals surface area contributed by atoms with Crippen LogP contribution in [-0.4, -0.2) is 0 Å². The van der Waals surface area contributed by atoms with Gasteiger partial charge in [0.05, 0.1) is 0 Å². The summed E-state index contributed by atoms with van der Waals surface area (Å²) in [5.41, 5.74) is 6.69. The zero-order chi connectivity index (χ0) is 32.1. The van der Waals surface area contributed by atoms with E-state index < -0.39 is 0 Å². The molecule has 1 aromatic heterocycles. The van der Waals surface area contributed by atoms with Gasteiger partial charge in [0.1, 0.15) is 11.2 Å². The van der Waals surface area contributed by atoms with E-state index >= 15 is 0 Å². The van der Waals surface area contributed by atoms with Crippen LogP contribution in [0, 0.1) is 0 Å². The normalized spacial score (nSPS) is 12.1. The third kappa shape index (κ3) is 3.76. The first-order chi connectivity index (χ1) is 24.3. The maximum absolute atomic E-state index is 6.91. The summed E-state index contributed by atoms with van der Waals surface area (Å²) >= 11 is 0. The predicted octanol–water partition coefficient (Wildman–Crippen LogP) is 13.8. The van der Waals surface area contributed by atoms with E-state index in [9.17, 15) is 0 Å². The van der Waals surface area contributed by atoms with E-state index in [0.717, 1.165) is 16.6 Å². The predicted molar refractivity (Wildman–Crippen MR) is 210 cm³/mol. The smallest absolute Gasteiger partial charge is 0.136 e. The van der Waals surface area contributed by atoms with E-state index in [4.69, 9.17) is 4.42 Å². The van der Waals surface area contributed by atoms with Crippen LogP contribution in [0.1, 0.15) is 0 Å². The maximum atomic E-state index is 6.91. The van der Waals surface area contributed by atoms with Crippen molar-refractivity contribution in [1.29, 1.82) is 0 Å². The molecule has 0 spiro atoms. The molecule has 0 N–H and O–H groups in total. The lowest BCUT2D eigenvalue weighted by molar-refractivity contribution is 0.670. The minimum Gasteiger partial charge on any atom is -0.456 e. The van der Waals surface area contributed by atoms with Gasteiger partial charge in [-0.2, -0.15) is 0 Å². The van der Waals surface area contributed by atoms with Crippen molar-refractivity contribution in [2.45, 2.75) is 0 Å². The summed E-state index contributed by atoms with van der Waals surface area (Å²) in [4.78, 5) is 0.